The highest BCUT2D eigenvalue weighted by Gasteiger charge is 2.11. The number of carbonyl (C=O) groups is 1. The SMILES string of the molecule is O=C(NCc1ccc(Cl)cc1)c1ccc(O)cc1O. The van der Waals surface area contributed by atoms with Crippen molar-refractivity contribution in [2.75, 3.05) is 0 Å². The van der Waals surface area contributed by atoms with Crippen molar-refractivity contribution in [1.82, 2.24) is 5.32 Å². The van der Waals surface area contributed by atoms with Crippen molar-refractivity contribution < 1.29 is 15.0 Å². The van der Waals surface area contributed by atoms with Gasteiger partial charge in [-0.3, -0.25) is 4.79 Å². The predicted octanol–water partition coefficient (Wildman–Crippen LogP) is 2.68. The number of aromatic hydroxyl groups is 2. The van der Waals surface area contributed by atoms with Crippen molar-refractivity contribution in [3.63, 3.8) is 0 Å². The molecule has 0 aromatic heterocycles. The highest BCUT2D eigenvalue weighted by molar-refractivity contribution is 6.30. The first kappa shape index (κ1) is 13.2. The molecule has 0 aliphatic heterocycles. The van der Waals surface area contributed by atoms with Crippen LogP contribution in [0.3, 0.4) is 0 Å². The third-order valence-electron chi connectivity index (χ3n) is 2.59. The highest BCUT2D eigenvalue weighted by atomic mass is 35.5. The Kier molecular flexibility index (Phi) is 3.92. The van der Waals surface area contributed by atoms with E-state index in [1.807, 2.05) is 0 Å². The molecule has 0 fully saturated rings. The smallest absolute Gasteiger partial charge is 0.255 e. The van der Waals surface area contributed by atoms with Gasteiger partial charge in [0.1, 0.15) is 11.5 Å². The predicted molar refractivity (Wildman–Crippen MR) is 72.4 cm³/mol. The summed E-state index contributed by atoms with van der Waals surface area (Å²) in [5.74, 6) is -0.757. The van der Waals surface area contributed by atoms with E-state index in [9.17, 15) is 9.90 Å². The van der Waals surface area contributed by atoms with Crippen molar-refractivity contribution in [3.8, 4) is 11.5 Å². The van der Waals surface area contributed by atoms with E-state index in [1.165, 1.54) is 12.1 Å². The van der Waals surface area contributed by atoms with E-state index >= 15 is 0 Å². The number of halogens is 1. The van der Waals surface area contributed by atoms with Crippen LogP contribution in [-0.4, -0.2) is 16.1 Å². The lowest BCUT2D eigenvalue weighted by Crippen LogP contribution is -2.22. The van der Waals surface area contributed by atoms with Crippen LogP contribution in [0.4, 0.5) is 0 Å². The monoisotopic (exact) mass is 277 g/mol. The maximum atomic E-state index is 11.8. The van der Waals surface area contributed by atoms with Crippen LogP contribution < -0.4 is 5.32 Å². The first-order chi connectivity index (χ1) is 9.06. The molecule has 0 heterocycles. The summed E-state index contributed by atoms with van der Waals surface area (Å²) in [6, 6.07) is 10.9. The lowest BCUT2D eigenvalue weighted by Gasteiger charge is -2.07. The second-order valence-electron chi connectivity index (χ2n) is 4.01. The third-order valence-corrected chi connectivity index (χ3v) is 2.84. The Morgan fingerprint density at radius 1 is 1.11 bits per heavy atom. The molecule has 0 saturated heterocycles. The van der Waals surface area contributed by atoms with Crippen LogP contribution in [-0.2, 0) is 6.54 Å². The van der Waals surface area contributed by atoms with Gasteiger partial charge < -0.3 is 15.5 Å². The Balaban J connectivity index is 2.03. The van der Waals surface area contributed by atoms with Crippen molar-refractivity contribution in [2.24, 2.45) is 0 Å². The summed E-state index contributed by atoms with van der Waals surface area (Å²) >= 11 is 5.76. The lowest BCUT2D eigenvalue weighted by molar-refractivity contribution is 0.0948. The Hall–Kier alpha value is -2.20. The zero-order valence-corrected chi connectivity index (χ0v) is 10.7. The van der Waals surface area contributed by atoms with Gasteiger partial charge in [-0.1, -0.05) is 23.7 Å². The minimum Gasteiger partial charge on any atom is -0.508 e. The van der Waals surface area contributed by atoms with E-state index in [4.69, 9.17) is 16.7 Å². The quantitative estimate of drug-likeness (QED) is 0.808. The molecule has 2 aromatic rings. The van der Waals surface area contributed by atoms with Gasteiger partial charge in [0, 0.05) is 17.6 Å². The van der Waals surface area contributed by atoms with E-state index in [0.717, 1.165) is 11.6 Å². The molecule has 1 amide bonds. The average molecular weight is 278 g/mol. The van der Waals surface area contributed by atoms with Gasteiger partial charge in [0.05, 0.1) is 5.56 Å². The van der Waals surface area contributed by atoms with Crippen LogP contribution in [0.25, 0.3) is 0 Å². The molecule has 0 saturated carbocycles. The van der Waals surface area contributed by atoms with E-state index in [1.54, 1.807) is 24.3 Å². The van der Waals surface area contributed by atoms with Crippen LogP contribution in [0, 0.1) is 0 Å². The average Bonchev–Trinajstić information content (AvgIpc) is 2.37. The Labute approximate surface area is 115 Å². The molecule has 0 spiro atoms. The summed E-state index contributed by atoms with van der Waals surface area (Å²) in [5, 5.41) is 22.0. The molecular weight excluding hydrogens is 266 g/mol. The Bertz CT molecular complexity index is 596. The van der Waals surface area contributed by atoms with Crippen LogP contribution >= 0.6 is 11.6 Å². The number of benzene rings is 2. The van der Waals surface area contributed by atoms with E-state index in [0.29, 0.717) is 11.6 Å². The standard InChI is InChI=1S/C14H12ClNO3/c15-10-3-1-9(2-4-10)8-16-14(19)12-6-5-11(17)7-13(12)18/h1-7,17-18H,8H2,(H,16,19). The van der Waals surface area contributed by atoms with Crippen molar-refractivity contribution in [2.45, 2.75) is 6.54 Å². The van der Waals surface area contributed by atoms with Crippen LogP contribution in [0.15, 0.2) is 42.5 Å². The van der Waals surface area contributed by atoms with E-state index in [2.05, 4.69) is 5.32 Å². The molecule has 0 atom stereocenters. The van der Waals surface area contributed by atoms with Gasteiger partial charge in [0.15, 0.2) is 0 Å². The molecule has 19 heavy (non-hydrogen) atoms. The molecule has 0 bridgehead atoms. The molecule has 2 rings (SSSR count). The van der Waals surface area contributed by atoms with Crippen molar-refractivity contribution >= 4 is 17.5 Å². The highest BCUT2D eigenvalue weighted by Crippen LogP contribution is 2.22. The first-order valence-corrected chi connectivity index (χ1v) is 5.98. The molecule has 0 aliphatic rings. The maximum Gasteiger partial charge on any atom is 0.255 e. The number of phenols is 2. The van der Waals surface area contributed by atoms with Gasteiger partial charge in [-0.2, -0.15) is 0 Å². The summed E-state index contributed by atoms with van der Waals surface area (Å²) in [7, 11) is 0. The fraction of sp³-hybridized carbons (Fsp3) is 0.0714. The maximum absolute atomic E-state index is 11.8. The number of amides is 1. The second kappa shape index (κ2) is 5.63. The fourth-order valence-corrected chi connectivity index (χ4v) is 1.72. The first-order valence-electron chi connectivity index (χ1n) is 5.61. The Morgan fingerprint density at radius 2 is 1.79 bits per heavy atom. The van der Waals surface area contributed by atoms with Crippen LogP contribution in [0.5, 0.6) is 11.5 Å². The van der Waals surface area contributed by atoms with Gasteiger partial charge in [0.25, 0.3) is 5.91 Å². The van der Waals surface area contributed by atoms with Gasteiger partial charge >= 0.3 is 0 Å². The zero-order valence-electron chi connectivity index (χ0n) is 9.93. The van der Waals surface area contributed by atoms with Crippen LogP contribution in [0.1, 0.15) is 15.9 Å². The normalized spacial score (nSPS) is 10.2. The van der Waals surface area contributed by atoms with Gasteiger partial charge in [-0.05, 0) is 29.8 Å². The molecule has 98 valence electrons. The van der Waals surface area contributed by atoms with Crippen molar-refractivity contribution in [3.05, 3.63) is 58.6 Å². The molecule has 0 radical (unpaired) electrons. The lowest BCUT2D eigenvalue weighted by atomic mass is 10.1. The van der Waals surface area contributed by atoms with Gasteiger partial charge in [-0.15, -0.1) is 0 Å². The summed E-state index contributed by atoms with van der Waals surface area (Å²) in [6.07, 6.45) is 0. The number of hydrogen-bond acceptors (Lipinski definition) is 3. The Morgan fingerprint density at radius 3 is 2.42 bits per heavy atom. The molecule has 5 heteroatoms. The summed E-state index contributed by atoms with van der Waals surface area (Å²) < 4.78 is 0. The molecule has 0 aliphatic carbocycles. The fourth-order valence-electron chi connectivity index (χ4n) is 1.59. The number of rotatable bonds is 3. The minimum atomic E-state index is -0.410. The number of phenolic OH excluding ortho intramolecular Hbond substituents is 2. The zero-order chi connectivity index (χ0) is 13.8. The number of hydrogen-bond donors (Lipinski definition) is 3. The second-order valence-corrected chi connectivity index (χ2v) is 4.45. The van der Waals surface area contributed by atoms with Crippen LogP contribution in [0.2, 0.25) is 5.02 Å². The summed E-state index contributed by atoms with van der Waals surface area (Å²) in [5.41, 5.74) is 1.02. The summed E-state index contributed by atoms with van der Waals surface area (Å²) in [6.45, 7) is 0.330. The molecular formula is C14H12ClNO3. The number of carbonyl (C=O) groups excluding carboxylic acids is 1. The molecule has 4 nitrogen and oxygen atoms in total. The topological polar surface area (TPSA) is 69.6 Å². The van der Waals surface area contributed by atoms with Gasteiger partial charge in [0.2, 0.25) is 0 Å². The largest absolute Gasteiger partial charge is 0.508 e. The number of nitrogens with one attached hydrogen (secondary N) is 1. The third kappa shape index (κ3) is 3.39. The molecule has 2 aromatic carbocycles. The minimum absolute atomic E-state index is 0.0910. The van der Waals surface area contributed by atoms with E-state index in [-0.39, 0.29) is 17.1 Å². The van der Waals surface area contributed by atoms with Crippen molar-refractivity contribution in [1.29, 1.82) is 0 Å². The molecule has 0 unspecified atom stereocenters. The van der Waals surface area contributed by atoms with E-state index < -0.39 is 5.91 Å². The van der Waals surface area contributed by atoms with Gasteiger partial charge in [-0.25, -0.2) is 0 Å². The molecule has 3 N–H and O–H groups in total. The summed E-state index contributed by atoms with van der Waals surface area (Å²) in [4.78, 5) is 11.8.